The van der Waals surface area contributed by atoms with E-state index in [1.807, 2.05) is 0 Å². The number of fused-ring (bicyclic) bond motifs is 5. The Morgan fingerprint density at radius 3 is 2.45 bits per heavy atom. The zero-order valence-corrected chi connectivity index (χ0v) is 21.4. The van der Waals surface area contributed by atoms with E-state index in [0.717, 1.165) is 42.4 Å². The Labute approximate surface area is 201 Å². The average molecular weight is 465 g/mol. The fraction of sp³-hybridized carbons (Fsp3) is 0.964. The minimum Gasteiger partial charge on any atom is -0.481 e. The molecule has 8 atom stereocenters. The van der Waals surface area contributed by atoms with Crippen LogP contribution in [-0.2, 0) is 19.0 Å². The van der Waals surface area contributed by atoms with Gasteiger partial charge >= 0.3 is 5.97 Å². The standard InChI is InChI=1S/C28H48O5/c1-27-14-12-25-23(24(27)10-8-20(27)5-4-6-26(29)30)9-7-21-19-22(11-13-28(21,25)2)33-18-17-32-16-15-31-3/h20-25H,4-19H2,1-3H3,(H,29,30). The van der Waals surface area contributed by atoms with E-state index in [-0.39, 0.29) is 0 Å². The summed E-state index contributed by atoms with van der Waals surface area (Å²) in [4.78, 5) is 11.0. The minimum absolute atomic E-state index is 0.339. The van der Waals surface area contributed by atoms with Gasteiger partial charge in [0.15, 0.2) is 0 Å². The second kappa shape index (κ2) is 11.0. The summed E-state index contributed by atoms with van der Waals surface area (Å²) < 4.78 is 16.8. The van der Waals surface area contributed by atoms with Gasteiger partial charge in [0.05, 0.1) is 32.5 Å². The molecule has 4 fully saturated rings. The molecule has 33 heavy (non-hydrogen) atoms. The zero-order chi connectivity index (χ0) is 23.5. The van der Waals surface area contributed by atoms with Crippen molar-refractivity contribution in [3.8, 4) is 0 Å². The quantitative estimate of drug-likeness (QED) is 0.383. The molecule has 0 aromatic heterocycles. The van der Waals surface area contributed by atoms with E-state index in [2.05, 4.69) is 13.8 Å². The lowest BCUT2D eigenvalue weighted by atomic mass is 9.44. The van der Waals surface area contributed by atoms with Crippen molar-refractivity contribution in [2.24, 2.45) is 40.4 Å². The third-order valence-corrected chi connectivity index (χ3v) is 10.8. The largest absolute Gasteiger partial charge is 0.481 e. The molecule has 8 unspecified atom stereocenters. The fourth-order valence-electron chi connectivity index (χ4n) is 8.97. The van der Waals surface area contributed by atoms with Crippen LogP contribution >= 0.6 is 0 Å². The van der Waals surface area contributed by atoms with Crippen LogP contribution in [0, 0.1) is 40.4 Å². The minimum atomic E-state index is -0.636. The van der Waals surface area contributed by atoms with Crippen LogP contribution in [0.5, 0.6) is 0 Å². The predicted molar refractivity (Wildman–Crippen MR) is 129 cm³/mol. The Morgan fingerprint density at radius 1 is 0.909 bits per heavy atom. The van der Waals surface area contributed by atoms with Crippen LogP contribution in [0.4, 0.5) is 0 Å². The molecular weight excluding hydrogens is 416 g/mol. The molecule has 4 aliphatic carbocycles. The van der Waals surface area contributed by atoms with Crippen LogP contribution in [0.3, 0.4) is 0 Å². The van der Waals surface area contributed by atoms with Gasteiger partial charge < -0.3 is 19.3 Å². The number of carboxylic acids is 1. The molecule has 0 heterocycles. The van der Waals surface area contributed by atoms with Crippen LogP contribution in [0.25, 0.3) is 0 Å². The second-order valence-electron chi connectivity index (χ2n) is 12.1. The van der Waals surface area contributed by atoms with Crippen molar-refractivity contribution >= 4 is 5.97 Å². The molecule has 1 N–H and O–H groups in total. The Balaban J connectivity index is 1.31. The lowest BCUT2D eigenvalue weighted by Gasteiger charge is -2.61. The maximum absolute atomic E-state index is 11.0. The number of rotatable bonds is 11. The number of carboxylic acid groups (broad SMARTS) is 1. The van der Waals surface area contributed by atoms with Gasteiger partial charge in [0.25, 0.3) is 0 Å². The van der Waals surface area contributed by atoms with E-state index in [9.17, 15) is 4.79 Å². The Bertz CT molecular complexity index is 652. The highest BCUT2D eigenvalue weighted by molar-refractivity contribution is 5.66. The summed E-state index contributed by atoms with van der Waals surface area (Å²) in [6.07, 6.45) is 14.7. The van der Waals surface area contributed by atoms with Gasteiger partial charge in [0.2, 0.25) is 0 Å². The monoisotopic (exact) mass is 464 g/mol. The molecule has 0 amide bonds. The summed E-state index contributed by atoms with van der Waals surface area (Å²) in [5, 5.41) is 9.07. The number of aliphatic carboxylic acids is 1. The zero-order valence-electron chi connectivity index (χ0n) is 21.4. The first-order valence-corrected chi connectivity index (χ1v) is 13.8. The van der Waals surface area contributed by atoms with Crippen LogP contribution in [-0.4, -0.2) is 50.7 Å². The Kier molecular flexibility index (Phi) is 8.44. The third-order valence-electron chi connectivity index (χ3n) is 10.8. The normalized spacial score (nSPS) is 42.4. The first kappa shape index (κ1) is 25.4. The SMILES string of the molecule is COCCOCCOC1CCC2(C)C(CCC3C4CCC(CCCC(=O)O)C4(C)CCC32)C1. The van der Waals surface area contributed by atoms with Crippen LogP contribution < -0.4 is 0 Å². The van der Waals surface area contributed by atoms with Crippen molar-refractivity contribution in [1.82, 2.24) is 0 Å². The van der Waals surface area contributed by atoms with Crippen molar-refractivity contribution in [2.75, 3.05) is 33.5 Å². The van der Waals surface area contributed by atoms with E-state index < -0.39 is 5.97 Å². The summed E-state index contributed by atoms with van der Waals surface area (Å²) >= 11 is 0. The fourth-order valence-corrected chi connectivity index (χ4v) is 8.97. The molecule has 4 saturated carbocycles. The van der Waals surface area contributed by atoms with Gasteiger partial charge in [-0.2, -0.15) is 0 Å². The van der Waals surface area contributed by atoms with E-state index in [4.69, 9.17) is 19.3 Å². The van der Waals surface area contributed by atoms with Gasteiger partial charge in [-0.15, -0.1) is 0 Å². The van der Waals surface area contributed by atoms with Gasteiger partial charge in [-0.25, -0.2) is 0 Å². The Morgan fingerprint density at radius 2 is 1.67 bits per heavy atom. The molecule has 0 aromatic carbocycles. The smallest absolute Gasteiger partial charge is 0.303 e. The molecule has 0 spiro atoms. The lowest BCUT2D eigenvalue weighted by Crippen LogP contribution is -2.54. The summed E-state index contributed by atoms with van der Waals surface area (Å²) in [5.41, 5.74) is 0.937. The van der Waals surface area contributed by atoms with Crippen molar-refractivity contribution in [3.63, 3.8) is 0 Å². The molecule has 0 radical (unpaired) electrons. The predicted octanol–water partition coefficient (Wildman–Crippen LogP) is 5.95. The number of methoxy groups -OCH3 is 1. The maximum atomic E-state index is 11.0. The molecule has 0 aromatic rings. The lowest BCUT2D eigenvalue weighted by molar-refractivity contribution is -0.138. The van der Waals surface area contributed by atoms with Crippen molar-refractivity contribution in [2.45, 2.75) is 97.0 Å². The molecule has 5 nitrogen and oxygen atoms in total. The molecular formula is C28H48O5. The molecule has 5 heteroatoms. The van der Waals surface area contributed by atoms with Gasteiger partial charge in [-0.1, -0.05) is 13.8 Å². The summed E-state index contributed by atoms with van der Waals surface area (Å²) in [7, 11) is 1.70. The average Bonchev–Trinajstić information content (AvgIpc) is 3.12. The van der Waals surface area contributed by atoms with E-state index in [1.165, 1.54) is 57.8 Å². The first-order valence-electron chi connectivity index (χ1n) is 13.8. The number of hydrogen-bond donors (Lipinski definition) is 1. The van der Waals surface area contributed by atoms with Gasteiger partial charge in [0, 0.05) is 13.5 Å². The number of hydrogen-bond acceptors (Lipinski definition) is 4. The van der Waals surface area contributed by atoms with Crippen LogP contribution in [0.1, 0.15) is 90.9 Å². The van der Waals surface area contributed by atoms with E-state index >= 15 is 0 Å². The summed E-state index contributed by atoms with van der Waals surface area (Å²) in [6.45, 7) is 7.86. The molecule has 190 valence electrons. The molecule has 0 saturated heterocycles. The topological polar surface area (TPSA) is 65.0 Å². The summed E-state index contributed by atoms with van der Waals surface area (Å²) in [6, 6.07) is 0. The van der Waals surface area contributed by atoms with E-state index in [1.54, 1.807) is 7.11 Å². The highest BCUT2D eigenvalue weighted by Gasteiger charge is 2.59. The first-order chi connectivity index (χ1) is 15.9. The molecule has 4 rings (SSSR count). The van der Waals surface area contributed by atoms with Gasteiger partial charge in [0.1, 0.15) is 0 Å². The van der Waals surface area contributed by atoms with Crippen molar-refractivity contribution < 1.29 is 24.1 Å². The highest BCUT2D eigenvalue weighted by atomic mass is 16.5. The summed E-state index contributed by atoms with van der Waals surface area (Å²) in [5.74, 6) is 3.55. The molecule has 4 aliphatic rings. The number of carbonyl (C=O) groups is 1. The van der Waals surface area contributed by atoms with Crippen molar-refractivity contribution in [1.29, 1.82) is 0 Å². The third kappa shape index (κ3) is 5.30. The van der Waals surface area contributed by atoms with E-state index in [0.29, 0.717) is 49.8 Å². The van der Waals surface area contributed by atoms with Crippen LogP contribution in [0.15, 0.2) is 0 Å². The van der Waals surface area contributed by atoms with Gasteiger partial charge in [-0.3, -0.25) is 4.79 Å². The highest BCUT2D eigenvalue weighted by Crippen LogP contribution is 2.68. The maximum Gasteiger partial charge on any atom is 0.303 e. The second-order valence-corrected chi connectivity index (χ2v) is 12.1. The van der Waals surface area contributed by atoms with Crippen LogP contribution in [0.2, 0.25) is 0 Å². The molecule has 0 aliphatic heterocycles. The molecule has 0 bridgehead atoms. The number of ether oxygens (including phenoxy) is 3. The van der Waals surface area contributed by atoms with Crippen molar-refractivity contribution in [3.05, 3.63) is 0 Å². The van der Waals surface area contributed by atoms with Gasteiger partial charge in [-0.05, 0) is 111 Å². The Hall–Kier alpha value is -0.650.